The molecule has 70 valence electrons. The van der Waals surface area contributed by atoms with Crippen molar-refractivity contribution in [3.63, 3.8) is 0 Å². The molecule has 0 saturated heterocycles. The molecule has 2 fully saturated rings. The summed E-state index contributed by atoms with van der Waals surface area (Å²) in [6, 6.07) is 0. The largest absolute Gasteiger partial charge is 0.481 e. The Morgan fingerprint density at radius 2 is 2.38 bits per heavy atom. The molecule has 2 nitrogen and oxygen atoms in total. The number of carboxylic acids is 1. The zero-order valence-electron chi connectivity index (χ0n) is 7.57. The highest BCUT2D eigenvalue weighted by Gasteiger charge is 2.61. The molecule has 1 N–H and O–H groups in total. The summed E-state index contributed by atoms with van der Waals surface area (Å²) < 4.78 is 0. The highest BCUT2D eigenvalue weighted by molar-refractivity contribution is 5.68. The van der Waals surface area contributed by atoms with Crippen LogP contribution in [0.3, 0.4) is 0 Å². The van der Waals surface area contributed by atoms with Gasteiger partial charge >= 0.3 is 5.97 Å². The molecule has 2 saturated carbocycles. The van der Waals surface area contributed by atoms with E-state index in [0.29, 0.717) is 18.3 Å². The highest BCUT2D eigenvalue weighted by atomic mass is 16.4. The number of hydrogen-bond acceptors (Lipinski definition) is 1. The second-order valence-corrected chi connectivity index (χ2v) is 4.84. The van der Waals surface area contributed by atoms with Crippen molar-refractivity contribution in [3.8, 4) is 0 Å². The van der Waals surface area contributed by atoms with E-state index in [4.69, 9.17) is 5.11 Å². The van der Waals surface area contributed by atoms with Crippen LogP contribution >= 0.6 is 0 Å². The van der Waals surface area contributed by atoms with Gasteiger partial charge in [-0.2, -0.15) is 0 Å². The van der Waals surface area contributed by atoms with E-state index in [2.05, 4.69) is 12.2 Å². The summed E-state index contributed by atoms with van der Waals surface area (Å²) in [4.78, 5) is 10.8. The van der Waals surface area contributed by atoms with E-state index in [-0.39, 0.29) is 5.41 Å². The summed E-state index contributed by atoms with van der Waals surface area (Å²) in [5.41, 5.74) is 0.186. The van der Waals surface area contributed by atoms with E-state index in [1.54, 1.807) is 0 Å². The van der Waals surface area contributed by atoms with Crippen molar-refractivity contribution in [1.82, 2.24) is 0 Å². The third-order valence-electron chi connectivity index (χ3n) is 4.51. The molecule has 0 aromatic carbocycles. The van der Waals surface area contributed by atoms with Gasteiger partial charge in [-0.05, 0) is 42.4 Å². The summed E-state index contributed by atoms with van der Waals surface area (Å²) in [6.45, 7) is 0. The van der Waals surface area contributed by atoms with Gasteiger partial charge in [0.25, 0.3) is 0 Å². The van der Waals surface area contributed by atoms with Crippen LogP contribution in [0, 0.1) is 23.2 Å². The molecular weight excluding hydrogens is 164 g/mol. The maximum absolute atomic E-state index is 10.8. The summed E-state index contributed by atoms with van der Waals surface area (Å²) in [5, 5.41) is 8.89. The second-order valence-electron chi connectivity index (χ2n) is 4.84. The number of fused-ring (bicyclic) bond motifs is 5. The van der Waals surface area contributed by atoms with Gasteiger partial charge in [0.2, 0.25) is 0 Å². The Kier molecular flexibility index (Phi) is 1.27. The molecule has 2 heteroatoms. The van der Waals surface area contributed by atoms with Crippen LogP contribution in [-0.2, 0) is 4.79 Å². The van der Waals surface area contributed by atoms with Gasteiger partial charge in [-0.3, -0.25) is 4.79 Å². The summed E-state index contributed by atoms with van der Waals surface area (Å²) in [6.07, 6.45) is 8.63. The first-order valence-electron chi connectivity index (χ1n) is 5.12. The van der Waals surface area contributed by atoms with Gasteiger partial charge in [0, 0.05) is 0 Å². The molecule has 0 spiro atoms. The zero-order valence-corrected chi connectivity index (χ0v) is 7.57. The van der Waals surface area contributed by atoms with Crippen LogP contribution in [0.15, 0.2) is 12.2 Å². The van der Waals surface area contributed by atoms with Crippen molar-refractivity contribution < 1.29 is 9.90 Å². The number of carbonyl (C=O) groups is 1. The van der Waals surface area contributed by atoms with Gasteiger partial charge in [0.05, 0.1) is 6.42 Å². The van der Waals surface area contributed by atoms with Gasteiger partial charge in [-0.1, -0.05) is 12.2 Å². The number of aliphatic carboxylic acids is 1. The minimum absolute atomic E-state index is 0.186. The Hall–Kier alpha value is -0.790. The molecule has 13 heavy (non-hydrogen) atoms. The first-order chi connectivity index (χ1) is 6.22. The zero-order chi connectivity index (χ0) is 9.05. The molecule has 2 bridgehead atoms. The Bertz CT molecular complexity index is 294. The molecule has 3 aliphatic rings. The van der Waals surface area contributed by atoms with Crippen molar-refractivity contribution in [2.24, 2.45) is 23.2 Å². The lowest BCUT2D eigenvalue weighted by Gasteiger charge is -2.50. The Morgan fingerprint density at radius 1 is 1.54 bits per heavy atom. The van der Waals surface area contributed by atoms with Crippen molar-refractivity contribution in [3.05, 3.63) is 12.2 Å². The van der Waals surface area contributed by atoms with Crippen LogP contribution in [0.25, 0.3) is 0 Å². The van der Waals surface area contributed by atoms with Crippen molar-refractivity contribution in [2.45, 2.75) is 25.7 Å². The third-order valence-corrected chi connectivity index (χ3v) is 4.51. The first-order valence-corrected chi connectivity index (χ1v) is 5.12. The predicted molar refractivity (Wildman–Crippen MR) is 48.1 cm³/mol. The SMILES string of the molecule is O=C(O)CC12CCC1C1C=CC2C1. The highest BCUT2D eigenvalue weighted by Crippen LogP contribution is 2.68. The van der Waals surface area contributed by atoms with Crippen LogP contribution in [0.4, 0.5) is 0 Å². The van der Waals surface area contributed by atoms with Crippen molar-refractivity contribution in [1.29, 1.82) is 0 Å². The van der Waals surface area contributed by atoms with Crippen LogP contribution in [0.5, 0.6) is 0 Å². The van der Waals surface area contributed by atoms with Crippen LogP contribution in [0.2, 0.25) is 0 Å². The number of hydrogen-bond donors (Lipinski definition) is 1. The maximum atomic E-state index is 10.8. The van der Waals surface area contributed by atoms with Crippen molar-refractivity contribution >= 4 is 5.97 Å². The molecule has 0 aliphatic heterocycles. The summed E-state index contributed by atoms with van der Waals surface area (Å²) in [7, 11) is 0. The lowest BCUT2D eigenvalue weighted by molar-refractivity contribution is -0.144. The lowest BCUT2D eigenvalue weighted by Crippen LogP contribution is -2.44. The van der Waals surface area contributed by atoms with Gasteiger partial charge in [-0.25, -0.2) is 0 Å². The minimum Gasteiger partial charge on any atom is -0.481 e. The number of carboxylic acid groups (broad SMARTS) is 1. The van der Waals surface area contributed by atoms with Gasteiger partial charge < -0.3 is 5.11 Å². The van der Waals surface area contributed by atoms with Crippen LogP contribution in [0.1, 0.15) is 25.7 Å². The smallest absolute Gasteiger partial charge is 0.303 e. The van der Waals surface area contributed by atoms with Gasteiger partial charge in [0.1, 0.15) is 0 Å². The van der Waals surface area contributed by atoms with E-state index in [1.165, 1.54) is 12.8 Å². The van der Waals surface area contributed by atoms with E-state index in [1.807, 2.05) is 0 Å². The lowest BCUT2D eigenvalue weighted by atomic mass is 9.54. The first kappa shape index (κ1) is 7.60. The fourth-order valence-corrected chi connectivity index (χ4v) is 3.87. The number of rotatable bonds is 2. The molecule has 0 amide bonds. The molecule has 0 aromatic heterocycles. The average molecular weight is 178 g/mol. The summed E-state index contributed by atoms with van der Waals surface area (Å²) >= 11 is 0. The molecule has 3 rings (SSSR count). The maximum Gasteiger partial charge on any atom is 0.303 e. The molecule has 0 aromatic rings. The molecule has 4 atom stereocenters. The van der Waals surface area contributed by atoms with Gasteiger partial charge in [0.15, 0.2) is 0 Å². The van der Waals surface area contributed by atoms with Gasteiger partial charge in [-0.15, -0.1) is 0 Å². The Balaban J connectivity index is 1.91. The molecule has 0 heterocycles. The molecular formula is C11H14O2. The summed E-state index contributed by atoms with van der Waals surface area (Å²) in [5.74, 6) is 1.41. The predicted octanol–water partition coefficient (Wildman–Crippen LogP) is 2.06. The quantitative estimate of drug-likeness (QED) is 0.657. The molecule has 0 radical (unpaired) electrons. The van der Waals surface area contributed by atoms with Crippen LogP contribution < -0.4 is 0 Å². The monoisotopic (exact) mass is 178 g/mol. The fraction of sp³-hybridized carbons (Fsp3) is 0.727. The van der Waals surface area contributed by atoms with E-state index in [9.17, 15) is 4.79 Å². The minimum atomic E-state index is -0.606. The third kappa shape index (κ3) is 0.767. The topological polar surface area (TPSA) is 37.3 Å². The molecule has 3 aliphatic carbocycles. The van der Waals surface area contributed by atoms with E-state index >= 15 is 0 Å². The standard InChI is InChI=1S/C11H14O2/c12-10(13)6-11-4-3-9(11)7-1-2-8(11)5-7/h1-2,7-9H,3-6H2,(H,12,13). The van der Waals surface area contributed by atoms with E-state index in [0.717, 1.165) is 12.3 Å². The normalized spacial score (nSPS) is 50.3. The number of allylic oxidation sites excluding steroid dienone is 2. The second kappa shape index (κ2) is 2.17. The van der Waals surface area contributed by atoms with Crippen LogP contribution in [-0.4, -0.2) is 11.1 Å². The molecule has 4 unspecified atom stereocenters. The van der Waals surface area contributed by atoms with E-state index < -0.39 is 5.97 Å². The fourth-order valence-electron chi connectivity index (χ4n) is 3.87. The Morgan fingerprint density at radius 3 is 2.92 bits per heavy atom. The average Bonchev–Trinajstić information content (AvgIpc) is 2.50. The Labute approximate surface area is 77.6 Å². The van der Waals surface area contributed by atoms with Crippen molar-refractivity contribution in [2.75, 3.05) is 0 Å².